The molecule has 0 saturated carbocycles. The zero-order valence-electron chi connectivity index (χ0n) is 18.7. The van der Waals surface area contributed by atoms with Gasteiger partial charge in [-0.25, -0.2) is 0 Å². The van der Waals surface area contributed by atoms with Crippen LogP contribution in [0.1, 0.15) is 39.0 Å². The van der Waals surface area contributed by atoms with Crippen LogP contribution in [0.4, 0.5) is 5.82 Å². The molecule has 1 aromatic carbocycles. The molecule has 0 amide bonds. The number of nitrogens with one attached hydrogen (secondary N) is 1. The van der Waals surface area contributed by atoms with E-state index in [0.717, 1.165) is 55.7 Å². The summed E-state index contributed by atoms with van der Waals surface area (Å²) in [5.74, 6) is 2.16. The average molecular weight is 431 g/mol. The average Bonchev–Trinajstić information content (AvgIpc) is 3.31. The highest BCUT2D eigenvalue weighted by molar-refractivity contribution is 5.92. The highest BCUT2D eigenvalue weighted by Crippen LogP contribution is 2.35. The summed E-state index contributed by atoms with van der Waals surface area (Å²) in [7, 11) is 1.67. The summed E-state index contributed by atoms with van der Waals surface area (Å²) < 4.78 is 22.8. The van der Waals surface area contributed by atoms with Gasteiger partial charge in [0.25, 0.3) is 0 Å². The monoisotopic (exact) mass is 430 g/mol. The molecule has 8 nitrogen and oxygen atoms in total. The summed E-state index contributed by atoms with van der Waals surface area (Å²) in [6, 6.07) is 4.58. The Labute approximate surface area is 184 Å². The number of anilines is 1. The standard InChI is InChI=1S/C23H34N4O4/c1-3-30-23-25-19-16-21(31-12-6-11-27-9-4-5-10-27)20(28-2)15-18(19)22(26-23)24-17-7-13-29-14-8-17/h15-17H,3-14H2,1-2H3,(H,24,25,26). The molecule has 2 aliphatic rings. The molecule has 0 spiro atoms. The van der Waals surface area contributed by atoms with E-state index in [4.69, 9.17) is 18.9 Å². The van der Waals surface area contributed by atoms with E-state index >= 15 is 0 Å². The molecule has 0 unspecified atom stereocenters. The Hall–Kier alpha value is -2.32. The number of methoxy groups -OCH3 is 1. The van der Waals surface area contributed by atoms with Crippen LogP contribution in [0.3, 0.4) is 0 Å². The van der Waals surface area contributed by atoms with Gasteiger partial charge in [-0.3, -0.25) is 0 Å². The van der Waals surface area contributed by atoms with Gasteiger partial charge in [-0.15, -0.1) is 0 Å². The van der Waals surface area contributed by atoms with Crippen molar-refractivity contribution in [2.75, 3.05) is 58.5 Å². The van der Waals surface area contributed by atoms with Crippen molar-refractivity contribution in [3.05, 3.63) is 12.1 Å². The zero-order valence-corrected chi connectivity index (χ0v) is 18.7. The van der Waals surface area contributed by atoms with Gasteiger partial charge in [0.05, 0.1) is 25.8 Å². The molecule has 31 heavy (non-hydrogen) atoms. The number of aromatic nitrogens is 2. The van der Waals surface area contributed by atoms with Crippen LogP contribution in [-0.4, -0.2) is 74.1 Å². The van der Waals surface area contributed by atoms with Crippen LogP contribution < -0.4 is 19.5 Å². The van der Waals surface area contributed by atoms with E-state index in [1.807, 2.05) is 19.1 Å². The predicted octanol–water partition coefficient (Wildman–Crippen LogP) is 3.49. The number of nitrogens with zero attached hydrogens (tertiary/aromatic N) is 3. The Kier molecular flexibility index (Phi) is 7.64. The first-order valence-electron chi connectivity index (χ1n) is 11.5. The molecule has 0 aliphatic carbocycles. The minimum absolute atomic E-state index is 0.314. The molecular formula is C23H34N4O4. The number of hydrogen-bond acceptors (Lipinski definition) is 8. The maximum Gasteiger partial charge on any atom is 0.318 e. The van der Waals surface area contributed by atoms with E-state index in [1.165, 1.54) is 25.9 Å². The van der Waals surface area contributed by atoms with Gasteiger partial charge in [-0.2, -0.15) is 9.97 Å². The topological polar surface area (TPSA) is 78.0 Å². The van der Waals surface area contributed by atoms with Crippen LogP contribution in [0.5, 0.6) is 17.5 Å². The van der Waals surface area contributed by atoms with E-state index in [9.17, 15) is 0 Å². The first-order chi connectivity index (χ1) is 15.3. The zero-order chi connectivity index (χ0) is 21.5. The highest BCUT2D eigenvalue weighted by atomic mass is 16.5. The number of likely N-dealkylation sites (tertiary alicyclic amines) is 1. The molecule has 1 aromatic heterocycles. The van der Waals surface area contributed by atoms with Crippen LogP contribution in [0, 0.1) is 0 Å². The van der Waals surface area contributed by atoms with Crippen molar-refractivity contribution in [1.82, 2.24) is 14.9 Å². The lowest BCUT2D eigenvalue weighted by Crippen LogP contribution is -2.28. The fourth-order valence-electron chi connectivity index (χ4n) is 4.20. The van der Waals surface area contributed by atoms with Gasteiger partial charge in [0.15, 0.2) is 11.5 Å². The quantitative estimate of drug-likeness (QED) is 0.574. The fraction of sp³-hybridized carbons (Fsp3) is 0.652. The van der Waals surface area contributed by atoms with Gasteiger partial charge in [-0.05, 0) is 58.2 Å². The Morgan fingerprint density at radius 1 is 1.10 bits per heavy atom. The van der Waals surface area contributed by atoms with E-state index in [1.54, 1.807) is 7.11 Å². The maximum absolute atomic E-state index is 6.10. The molecule has 0 bridgehead atoms. The third kappa shape index (κ3) is 5.68. The molecule has 1 N–H and O–H groups in total. The Balaban J connectivity index is 1.54. The van der Waals surface area contributed by atoms with E-state index in [-0.39, 0.29) is 0 Å². The van der Waals surface area contributed by atoms with Crippen LogP contribution in [0.2, 0.25) is 0 Å². The van der Waals surface area contributed by atoms with Crippen LogP contribution >= 0.6 is 0 Å². The second kappa shape index (κ2) is 10.8. The van der Waals surface area contributed by atoms with Crippen molar-refractivity contribution in [3.8, 4) is 17.5 Å². The molecule has 8 heteroatoms. The third-order valence-corrected chi connectivity index (χ3v) is 5.87. The second-order valence-corrected chi connectivity index (χ2v) is 8.09. The minimum Gasteiger partial charge on any atom is -0.493 e. The summed E-state index contributed by atoms with van der Waals surface area (Å²) in [5, 5.41) is 4.46. The van der Waals surface area contributed by atoms with Gasteiger partial charge in [-0.1, -0.05) is 0 Å². The summed E-state index contributed by atoms with van der Waals surface area (Å²) in [4.78, 5) is 11.7. The van der Waals surface area contributed by atoms with Crippen molar-refractivity contribution >= 4 is 16.7 Å². The van der Waals surface area contributed by atoms with Gasteiger partial charge in [0.2, 0.25) is 0 Å². The summed E-state index contributed by atoms with van der Waals surface area (Å²) in [6.07, 6.45) is 5.51. The van der Waals surface area contributed by atoms with Crippen molar-refractivity contribution in [1.29, 1.82) is 0 Å². The summed E-state index contributed by atoms with van der Waals surface area (Å²) in [6.45, 7) is 8.11. The van der Waals surface area contributed by atoms with Gasteiger partial charge in [0, 0.05) is 37.3 Å². The van der Waals surface area contributed by atoms with Crippen molar-refractivity contribution < 1.29 is 18.9 Å². The van der Waals surface area contributed by atoms with Gasteiger partial charge in [0.1, 0.15) is 5.82 Å². The number of fused-ring (bicyclic) bond motifs is 1. The normalized spacial score (nSPS) is 17.7. The van der Waals surface area contributed by atoms with Crippen LogP contribution in [0.15, 0.2) is 12.1 Å². The first kappa shape index (κ1) is 21.9. The molecule has 0 radical (unpaired) electrons. The number of rotatable bonds is 10. The van der Waals surface area contributed by atoms with Crippen molar-refractivity contribution in [3.63, 3.8) is 0 Å². The molecule has 2 fully saturated rings. The third-order valence-electron chi connectivity index (χ3n) is 5.87. The second-order valence-electron chi connectivity index (χ2n) is 8.09. The van der Waals surface area contributed by atoms with E-state index < -0.39 is 0 Å². The largest absolute Gasteiger partial charge is 0.493 e. The van der Waals surface area contributed by atoms with Crippen LogP contribution in [0.25, 0.3) is 10.9 Å². The molecule has 4 rings (SSSR count). The summed E-state index contributed by atoms with van der Waals surface area (Å²) in [5.41, 5.74) is 0.781. The number of ether oxygens (including phenoxy) is 4. The lowest BCUT2D eigenvalue weighted by molar-refractivity contribution is 0.0904. The minimum atomic E-state index is 0.314. The highest BCUT2D eigenvalue weighted by Gasteiger charge is 2.19. The van der Waals surface area contributed by atoms with Crippen molar-refractivity contribution in [2.45, 2.75) is 45.1 Å². The number of benzene rings is 1. The Morgan fingerprint density at radius 2 is 1.90 bits per heavy atom. The fourth-order valence-corrected chi connectivity index (χ4v) is 4.20. The van der Waals surface area contributed by atoms with Gasteiger partial charge >= 0.3 is 6.01 Å². The molecule has 3 heterocycles. The molecule has 2 saturated heterocycles. The number of hydrogen-bond donors (Lipinski definition) is 1. The van der Waals surface area contributed by atoms with E-state index in [0.29, 0.717) is 36.8 Å². The SMILES string of the molecule is CCOc1nc(NC2CCOCC2)c2cc(OC)c(OCCCN3CCCC3)cc2n1. The summed E-state index contributed by atoms with van der Waals surface area (Å²) >= 11 is 0. The smallest absolute Gasteiger partial charge is 0.318 e. The Bertz CT molecular complexity index is 851. The lowest BCUT2D eigenvalue weighted by atomic mass is 10.1. The molecule has 0 atom stereocenters. The molecular weight excluding hydrogens is 396 g/mol. The van der Waals surface area contributed by atoms with Gasteiger partial charge < -0.3 is 29.2 Å². The van der Waals surface area contributed by atoms with E-state index in [2.05, 4.69) is 20.2 Å². The van der Waals surface area contributed by atoms with Crippen LogP contribution in [-0.2, 0) is 4.74 Å². The Morgan fingerprint density at radius 3 is 2.65 bits per heavy atom. The lowest BCUT2D eigenvalue weighted by Gasteiger charge is -2.24. The molecule has 170 valence electrons. The molecule has 2 aromatic rings. The first-order valence-corrected chi connectivity index (χ1v) is 11.5. The molecule has 2 aliphatic heterocycles. The predicted molar refractivity (Wildman–Crippen MR) is 121 cm³/mol. The maximum atomic E-state index is 6.10. The van der Waals surface area contributed by atoms with Crippen molar-refractivity contribution in [2.24, 2.45) is 0 Å².